The third-order valence-corrected chi connectivity index (χ3v) is 3.18. The van der Waals surface area contributed by atoms with Gasteiger partial charge in [-0.05, 0) is 12.0 Å². The highest BCUT2D eigenvalue weighted by atomic mass is 16.2. The van der Waals surface area contributed by atoms with Crippen LogP contribution in [0.25, 0.3) is 0 Å². The predicted octanol–water partition coefficient (Wildman–Crippen LogP) is 0.00768. The van der Waals surface area contributed by atoms with Crippen molar-refractivity contribution in [3.05, 3.63) is 35.9 Å². The quantitative estimate of drug-likeness (QED) is 0.624. The van der Waals surface area contributed by atoms with Gasteiger partial charge in [0.1, 0.15) is 12.1 Å². The summed E-state index contributed by atoms with van der Waals surface area (Å²) in [7, 11) is 0. The van der Waals surface area contributed by atoms with Gasteiger partial charge < -0.3 is 16.4 Å². The van der Waals surface area contributed by atoms with Gasteiger partial charge in [0.25, 0.3) is 0 Å². The molecule has 0 radical (unpaired) electrons. The van der Waals surface area contributed by atoms with E-state index in [1.165, 1.54) is 6.92 Å². The molecule has 4 N–H and O–H groups in total. The molecule has 0 aliphatic carbocycles. The summed E-state index contributed by atoms with van der Waals surface area (Å²) < 4.78 is 0. The van der Waals surface area contributed by atoms with Crippen molar-refractivity contribution in [2.24, 2.45) is 5.73 Å². The molecule has 7 nitrogen and oxygen atoms in total. The van der Waals surface area contributed by atoms with E-state index in [0.29, 0.717) is 0 Å². The van der Waals surface area contributed by atoms with Gasteiger partial charge in [0.2, 0.25) is 17.7 Å². The maximum atomic E-state index is 12.3. The van der Waals surface area contributed by atoms with E-state index in [4.69, 9.17) is 11.0 Å². The third-order valence-electron chi connectivity index (χ3n) is 3.18. The highest BCUT2D eigenvalue weighted by molar-refractivity contribution is 5.91. The molecule has 0 saturated carbocycles. The lowest BCUT2D eigenvalue weighted by molar-refractivity contribution is -0.130. The average Bonchev–Trinajstić information content (AvgIpc) is 2.50. The first-order valence-electron chi connectivity index (χ1n) is 7.21. The highest BCUT2D eigenvalue weighted by Gasteiger charge is 2.24. The molecule has 0 bridgehead atoms. The van der Waals surface area contributed by atoms with Crippen LogP contribution in [0.5, 0.6) is 0 Å². The fourth-order valence-corrected chi connectivity index (χ4v) is 2.07. The minimum absolute atomic E-state index is 0.0946. The zero-order valence-electron chi connectivity index (χ0n) is 12.9. The molecule has 0 aliphatic rings. The van der Waals surface area contributed by atoms with Crippen molar-refractivity contribution < 1.29 is 14.4 Å². The maximum absolute atomic E-state index is 12.3. The molecule has 0 saturated heterocycles. The van der Waals surface area contributed by atoms with Crippen LogP contribution in [-0.2, 0) is 20.8 Å². The first-order valence-corrected chi connectivity index (χ1v) is 7.21. The largest absolute Gasteiger partial charge is 0.368 e. The van der Waals surface area contributed by atoms with Gasteiger partial charge in [-0.2, -0.15) is 5.26 Å². The van der Waals surface area contributed by atoms with Crippen molar-refractivity contribution in [3.63, 3.8) is 0 Å². The average molecular weight is 316 g/mol. The predicted molar refractivity (Wildman–Crippen MR) is 83.7 cm³/mol. The molecule has 0 aliphatic heterocycles. The van der Waals surface area contributed by atoms with Crippen LogP contribution in [0.15, 0.2) is 30.3 Å². The van der Waals surface area contributed by atoms with E-state index >= 15 is 0 Å². The first kappa shape index (κ1) is 18.2. The van der Waals surface area contributed by atoms with Crippen molar-refractivity contribution in [2.45, 2.75) is 38.3 Å². The first-order chi connectivity index (χ1) is 10.9. The number of hydrogen-bond donors (Lipinski definition) is 3. The summed E-state index contributed by atoms with van der Waals surface area (Å²) in [6, 6.07) is 9.33. The minimum atomic E-state index is -0.936. The number of amides is 3. The monoisotopic (exact) mass is 316 g/mol. The number of nitrogens with two attached hydrogens (primary N) is 1. The zero-order chi connectivity index (χ0) is 17.2. The number of primary amides is 1. The van der Waals surface area contributed by atoms with Crippen molar-refractivity contribution in [3.8, 4) is 6.07 Å². The van der Waals surface area contributed by atoms with E-state index in [1.54, 1.807) is 0 Å². The SMILES string of the molecule is CC(=O)N[C@@H](Cc1ccccc1)C(=O)N[C@H](CCC#N)C(N)=O. The van der Waals surface area contributed by atoms with Crippen molar-refractivity contribution in [1.82, 2.24) is 10.6 Å². The zero-order valence-corrected chi connectivity index (χ0v) is 12.9. The Morgan fingerprint density at radius 2 is 1.83 bits per heavy atom. The fourth-order valence-electron chi connectivity index (χ4n) is 2.07. The minimum Gasteiger partial charge on any atom is -0.368 e. The lowest BCUT2D eigenvalue weighted by atomic mass is 10.0. The Morgan fingerprint density at radius 3 is 2.35 bits per heavy atom. The summed E-state index contributed by atoms with van der Waals surface area (Å²) in [5.74, 6) is -1.57. The van der Waals surface area contributed by atoms with Gasteiger partial charge >= 0.3 is 0 Å². The molecular formula is C16H20N4O3. The van der Waals surface area contributed by atoms with E-state index in [0.717, 1.165) is 5.56 Å². The maximum Gasteiger partial charge on any atom is 0.243 e. The number of nitrogens with one attached hydrogen (secondary N) is 2. The molecule has 0 aromatic heterocycles. The smallest absolute Gasteiger partial charge is 0.243 e. The van der Waals surface area contributed by atoms with Crippen LogP contribution in [0.1, 0.15) is 25.3 Å². The molecule has 2 atom stereocenters. The molecule has 1 rings (SSSR count). The molecule has 1 aromatic rings. The Labute approximate surface area is 134 Å². The van der Waals surface area contributed by atoms with Crippen LogP contribution in [0, 0.1) is 11.3 Å². The number of benzene rings is 1. The van der Waals surface area contributed by atoms with Crippen LogP contribution in [0.2, 0.25) is 0 Å². The van der Waals surface area contributed by atoms with E-state index < -0.39 is 23.9 Å². The standard InChI is InChI=1S/C16H20N4O3/c1-11(21)19-14(10-12-6-3-2-4-7-12)16(23)20-13(15(18)22)8-5-9-17/h2-4,6-7,13-14H,5,8,10H2,1H3,(H2,18,22)(H,19,21)(H,20,23)/t13-,14+/m1/s1. The molecule has 0 fully saturated rings. The van der Waals surface area contributed by atoms with E-state index in [2.05, 4.69) is 10.6 Å². The summed E-state index contributed by atoms with van der Waals surface area (Å²) in [5.41, 5.74) is 6.10. The Kier molecular flexibility index (Phi) is 7.27. The van der Waals surface area contributed by atoms with Gasteiger partial charge in [0, 0.05) is 19.8 Å². The van der Waals surface area contributed by atoms with Gasteiger partial charge in [0.15, 0.2) is 0 Å². The Morgan fingerprint density at radius 1 is 1.17 bits per heavy atom. The van der Waals surface area contributed by atoms with Crippen molar-refractivity contribution >= 4 is 17.7 Å². The highest BCUT2D eigenvalue weighted by Crippen LogP contribution is 2.05. The normalized spacial score (nSPS) is 12.5. The molecule has 7 heteroatoms. The van der Waals surface area contributed by atoms with Gasteiger partial charge in [0.05, 0.1) is 6.07 Å². The Balaban J connectivity index is 2.80. The molecule has 0 spiro atoms. The number of carbonyl (C=O) groups is 3. The Hall–Kier alpha value is -2.88. The van der Waals surface area contributed by atoms with E-state index in [1.807, 2.05) is 36.4 Å². The van der Waals surface area contributed by atoms with Gasteiger partial charge in [-0.1, -0.05) is 30.3 Å². The number of hydrogen-bond acceptors (Lipinski definition) is 4. The van der Waals surface area contributed by atoms with Crippen LogP contribution < -0.4 is 16.4 Å². The van der Waals surface area contributed by atoms with Crippen LogP contribution in [-0.4, -0.2) is 29.8 Å². The number of nitriles is 1. The summed E-state index contributed by atoms with van der Waals surface area (Å²) in [4.78, 5) is 35.0. The summed E-state index contributed by atoms with van der Waals surface area (Å²) in [6.07, 6.45) is 0.517. The topological polar surface area (TPSA) is 125 Å². The Bertz CT molecular complexity index is 595. The van der Waals surface area contributed by atoms with Crippen LogP contribution in [0.3, 0.4) is 0 Å². The number of nitrogens with zero attached hydrogens (tertiary/aromatic N) is 1. The molecular weight excluding hydrogens is 296 g/mol. The summed E-state index contributed by atoms with van der Waals surface area (Å²) in [5, 5.41) is 13.6. The summed E-state index contributed by atoms with van der Waals surface area (Å²) in [6.45, 7) is 1.31. The molecule has 1 aromatic carbocycles. The lowest BCUT2D eigenvalue weighted by Crippen LogP contribution is -2.53. The summed E-state index contributed by atoms with van der Waals surface area (Å²) >= 11 is 0. The molecule has 0 unspecified atom stereocenters. The lowest BCUT2D eigenvalue weighted by Gasteiger charge is -2.21. The van der Waals surface area contributed by atoms with Gasteiger partial charge in [-0.15, -0.1) is 0 Å². The second-order valence-corrected chi connectivity index (χ2v) is 5.10. The third kappa shape index (κ3) is 6.61. The van der Waals surface area contributed by atoms with Gasteiger partial charge in [-0.25, -0.2) is 0 Å². The van der Waals surface area contributed by atoms with Crippen LogP contribution in [0.4, 0.5) is 0 Å². The van der Waals surface area contributed by atoms with E-state index in [-0.39, 0.29) is 25.2 Å². The molecule has 23 heavy (non-hydrogen) atoms. The molecule has 122 valence electrons. The number of rotatable bonds is 8. The molecule has 3 amide bonds. The van der Waals surface area contributed by atoms with Gasteiger partial charge in [-0.3, -0.25) is 14.4 Å². The van der Waals surface area contributed by atoms with Crippen molar-refractivity contribution in [2.75, 3.05) is 0 Å². The second-order valence-electron chi connectivity index (χ2n) is 5.10. The van der Waals surface area contributed by atoms with Crippen LogP contribution >= 0.6 is 0 Å². The molecule has 0 heterocycles. The van der Waals surface area contributed by atoms with E-state index in [9.17, 15) is 14.4 Å². The fraction of sp³-hybridized carbons (Fsp3) is 0.375. The second kappa shape index (κ2) is 9.20. The number of carbonyl (C=O) groups excluding carboxylic acids is 3. The van der Waals surface area contributed by atoms with Crippen molar-refractivity contribution in [1.29, 1.82) is 5.26 Å².